The summed E-state index contributed by atoms with van der Waals surface area (Å²) in [6, 6.07) is -0.479. The summed E-state index contributed by atoms with van der Waals surface area (Å²) in [7, 11) is 0. The Kier molecular flexibility index (Phi) is 3.92. The minimum absolute atomic E-state index is 0.163. The van der Waals surface area contributed by atoms with Crippen molar-refractivity contribution in [3.8, 4) is 0 Å². The Hall–Kier alpha value is -2.23. The number of ether oxygens (including phenoxy) is 1. The van der Waals surface area contributed by atoms with Gasteiger partial charge in [0.15, 0.2) is 18.6 Å². The van der Waals surface area contributed by atoms with Crippen molar-refractivity contribution in [3.05, 3.63) is 10.4 Å². The molecule has 1 fully saturated rings. The van der Waals surface area contributed by atoms with Crippen LogP contribution in [0.5, 0.6) is 0 Å². The third-order valence-corrected chi connectivity index (χ3v) is 4.58. The van der Waals surface area contributed by atoms with Crippen molar-refractivity contribution in [1.29, 1.82) is 0 Å². The lowest BCUT2D eigenvalue weighted by atomic mass is 9.88. The lowest BCUT2D eigenvalue weighted by molar-refractivity contribution is -0.121. The third-order valence-electron chi connectivity index (χ3n) is 4.58. The monoisotopic (exact) mass is 324 g/mol. The summed E-state index contributed by atoms with van der Waals surface area (Å²) in [4.78, 5) is 16.5. The zero-order valence-corrected chi connectivity index (χ0v) is 12.4. The second kappa shape index (κ2) is 5.76. The number of rotatable bonds is 4. The van der Waals surface area contributed by atoms with Crippen molar-refractivity contribution in [1.82, 2.24) is 4.90 Å². The molecule has 0 bridgehead atoms. The molecule has 0 spiro atoms. The zero-order chi connectivity index (χ0) is 16.6. The standard InChI is InChI=1S/C12H17FN8O2/c1-6-7(13)11(23-12(6,3-22)2-19-20-15)21-5-18-8-9(14)16-4-17-10(8)21/h4-8,10-11,22H,2-3H2,1H3,(H2,14,16,17)/t6-,7+,8?,10?,11+,12+/m0/s1. The Bertz CT molecular complexity index is 618. The zero-order valence-electron chi connectivity index (χ0n) is 12.4. The van der Waals surface area contributed by atoms with Gasteiger partial charge in [0, 0.05) is 10.8 Å². The first-order valence-electron chi connectivity index (χ1n) is 7.13. The summed E-state index contributed by atoms with van der Waals surface area (Å²) in [6.07, 6.45) is -0.213. The first kappa shape index (κ1) is 15.7. The lowest BCUT2D eigenvalue weighted by Gasteiger charge is -2.33. The molecule has 1 saturated heterocycles. The van der Waals surface area contributed by atoms with Gasteiger partial charge >= 0.3 is 0 Å². The number of nitrogens with two attached hydrogens (primary N) is 1. The molecule has 0 aliphatic carbocycles. The van der Waals surface area contributed by atoms with Crippen LogP contribution in [0.3, 0.4) is 0 Å². The molecule has 23 heavy (non-hydrogen) atoms. The molecule has 10 nitrogen and oxygen atoms in total. The highest BCUT2D eigenvalue weighted by atomic mass is 19.1. The van der Waals surface area contributed by atoms with E-state index in [1.807, 2.05) is 0 Å². The Balaban J connectivity index is 1.84. The summed E-state index contributed by atoms with van der Waals surface area (Å²) in [5.41, 5.74) is 13.0. The van der Waals surface area contributed by atoms with Gasteiger partial charge in [-0.15, -0.1) is 0 Å². The number of azide groups is 1. The molecular weight excluding hydrogens is 307 g/mol. The average Bonchev–Trinajstić information content (AvgIpc) is 3.09. The van der Waals surface area contributed by atoms with E-state index in [1.54, 1.807) is 6.92 Å². The summed E-state index contributed by atoms with van der Waals surface area (Å²) in [5, 5.41) is 13.1. The Labute approximate surface area is 131 Å². The highest BCUT2D eigenvalue weighted by Gasteiger charge is 2.56. The summed E-state index contributed by atoms with van der Waals surface area (Å²) < 4.78 is 20.6. The Morgan fingerprint density at radius 1 is 1.61 bits per heavy atom. The van der Waals surface area contributed by atoms with E-state index in [0.29, 0.717) is 5.84 Å². The minimum atomic E-state index is -1.42. The van der Waals surface area contributed by atoms with Crippen LogP contribution < -0.4 is 5.73 Å². The number of aliphatic imine (C=N–C) groups is 3. The number of halogens is 1. The number of aliphatic hydroxyl groups is 1. The second-order valence-electron chi connectivity index (χ2n) is 5.74. The molecule has 0 aromatic heterocycles. The van der Waals surface area contributed by atoms with Gasteiger partial charge in [-0.2, -0.15) is 0 Å². The van der Waals surface area contributed by atoms with Gasteiger partial charge in [-0.1, -0.05) is 12.0 Å². The normalized spacial score (nSPS) is 41.6. The van der Waals surface area contributed by atoms with Crippen molar-refractivity contribution >= 4 is 18.5 Å². The van der Waals surface area contributed by atoms with E-state index in [1.165, 1.54) is 17.6 Å². The number of hydrogen-bond donors (Lipinski definition) is 2. The SMILES string of the molecule is C[C@H]1[C@@H](F)[C@H](N2C=NC3C(N)=NC=NC32)O[C@@]1(CO)CN=[N+]=[N-]. The van der Waals surface area contributed by atoms with E-state index >= 15 is 0 Å². The molecule has 3 rings (SSSR count). The number of amidine groups is 1. The van der Waals surface area contributed by atoms with E-state index in [9.17, 15) is 9.50 Å². The quantitative estimate of drug-likeness (QED) is 0.419. The molecule has 0 aromatic carbocycles. The molecule has 0 aromatic rings. The van der Waals surface area contributed by atoms with Gasteiger partial charge in [0.1, 0.15) is 23.8 Å². The van der Waals surface area contributed by atoms with Gasteiger partial charge in [0.05, 0.1) is 19.5 Å². The van der Waals surface area contributed by atoms with Crippen LogP contribution in [-0.4, -0.2) is 71.9 Å². The highest BCUT2D eigenvalue weighted by molar-refractivity contribution is 5.96. The number of nitrogens with zero attached hydrogens (tertiary/aromatic N) is 7. The van der Waals surface area contributed by atoms with E-state index in [4.69, 9.17) is 16.0 Å². The highest BCUT2D eigenvalue weighted by Crippen LogP contribution is 2.41. The molecule has 6 atom stereocenters. The molecule has 3 aliphatic heterocycles. The summed E-state index contributed by atoms with van der Waals surface area (Å²) in [6.45, 7) is 0.985. The third kappa shape index (κ3) is 2.33. The van der Waals surface area contributed by atoms with Gasteiger partial charge in [-0.3, -0.25) is 4.99 Å². The molecule has 2 unspecified atom stereocenters. The summed E-state index contributed by atoms with van der Waals surface area (Å²) >= 11 is 0. The van der Waals surface area contributed by atoms with E-state index in [0.717, 1.165) is 0 Å². The van der Waals surface area contributed by atoms with E-state index < -0.39 is 42.7 Å². The lowest BCUT2D eigenvalue weighted by Crippen LogP contribution is -2.50. The fourth-order valence-electron chi connectivity index (χ4n) is 3.04. The van der Waals surface area contributed by atoms with Gasteiger partial charge < -0.3 is 20.5 Å². The number of aliphatic hydroxyl groups excluding tert-OH is 1. The molecule has 3 aliphatic rings. The fourth-order valence-corrected chi connectivity index (χ4v) is 3.04. The van der Waals surface area contributed by atoms with Crippen LogP contribution in [-0.2, 0) is 4.74 Å². The molecule has 0 saturated carbocycles. The van der Waals surface area contributed by atoms with Crippen LogP contribution in [0.4, 0.5) is 4.39 Å². The Morgan fingerprint density at radius 3 is 3.09 bits per heavy atom. The van der Waals surface area contributed by atoms with Gasteiger partial charge in [-0.05, 0) is 5.53 Å². The first-order chi connectivity index (χ1) is 11.0. The maximum atomic E-state index is 14.8. The fraction of sp³-hybridized carbons (Fsp3) is 0.750. The van der Waals surface area contributed by atoms with Crippen molar-refractivity contribution < 1.29 is 14.2 Å². The van der Waals surface area contributed by atoms with Gasteiger partial charge in [-0.25, -0.2) is 14.4 Å². The average molecular weight is 324 g/mol. The summed E-state index contributed by atoms with van der Waals surface area (Å²) in [5.74, 6) is -0.373. The first-order valence-corrected chi connectivity index (χ1v) is 7.13. The molecule has 3 heterocycles. The van der Waals surface area contributed by atoms with Gasteiger partial charge in [0.2, 0.25) is 0 Å². The molecule has 3 N–H and O–H groups in total. The predicted octanol–water partition coefficient (Wildman–Crippen LogP) is -0.204. The van der Waals surface area contributed by atoms with Crippen LogP contribution in [0.15, 0.2) is 20.1 Å². The predicted molar refractivity (Wildman–Crippen MR) is 80.8 cm³/mol. The largest absolute Gasteiger partial charge is 0.393 e. The van der Waals surface area contributed by atoms with Crippen molar-refractivity contribution in [2.24, 2.45) is 31.7 Å². The molecule has 124 valence electrons. The van der Waals surface area contributed by atoms with Crippen LogP contribution in [0.25, 0.3) is 10.4 Å². The van der Waals surface area contributed by atoms with Crippen LogP contribution in [0.1, 0.15) is 6.92 Å². The van der Waals surface area contributed by atoms with Crippen LogP contribution in [0.2, 0.25) is 0 Å². The van der Waals surface area contributed by atoms with Crippen LogP contribution in [0, 0.1) is 5.92 Å². The molecular formula is C12H17FN8O2. The van der Waals surface area contributed by atoms with E-state index in [2.05, 4.69) is 25.0 Å². The van der Waals surface area contributed by atoms with E-state index in [-0.39, 0.29) is 6.54 Å². The number of fused-ring (bicyclic) bond motifs is 1. The van der Waals surface area contributed by atoms with Crippen molar-refractivity contribution in [2.45, 2.75) is 37.1 Å². The van der Waals surface area contributed by atoms with Crippen LogP contribution >= 0.6 is 0 Å². The Morgan fingerprint density at radius 2 is 2.39 bits per heavy atom. The maximum Gasteiger partial charge on any atom is 0.165 e. The number of hydrogen-bond acceptors (Lipinski definition) is 8. The molecule has 11 heteroatoms. The topological polar surface area (TPSA) is 145 Å². The molecule has 0 amide bonds. The van der Waals surface area contributed by atoms with Crippen molar-refractivity contribution in [3.63, 3.8) is 0 Å². The minimum Gasteiger partial charge on any atom is -0.393 e. The molecule has 0 radical (unpaired) electrons. The van der Waals surface area contributed by atoms with Crippen molar-refractivity contribution in [2.75, 3.05) is 13.2 Å². The number of alkyl halides is 1. The second-order valence-corrected chi connectivity index (χ2v) is 5.74. The van der Waals surface area contributed by atoms with Gasteiger partial charge in [0.25, 0.3) is 0 Å². The smallest absolute Gasteiger partial charge is 0.165 e. The maximum absolute atomic E-state index is 14.8.